The Bertz CT molecular complexity index is 529. The van der Waals surface area contributed by atoms with Gasteiger partial charge in [-0.3, -0.25) is 4.79 Å². The molecule has 0 spiro atoms. The SMILES string of the molecule is CSc1ccccc1NCC(=O)N(CCC#N)CCC#N. The number of hydrogen-bond donors (Lipinski definition) is 1. The Kier molecular flexibility index (Phi) is 7.78. The van der Waals surface area contributed by atoms with Crippen molar-refractivity contribution in [3.05, 3.63) is 24.3 Å². The second-order valence-corrected chi connectivity index (χ2v) is 5.10. The molecule has 1 aromatic rings. The van der Waals surface area contributed by atoms with Gasteiger partial charge in [0.05, 0.1) is 31.5 Å². The lowest BCUT2D eigenvalue weighted by atomic mass is 10.3. The van der Waals surface area contributed by atoms with E-state index < -0.39 is 0 Å². The molecule has 0 fully saturated rings. The summed E-state index contributed by atoms with van der Waals surface area (Å²) in [5.74, 6) is -0.101. The third-order valence-corrected chi connectivity index (χ3v) is 3.67. The molecule has 1 N–H and O–H groups in total. The van der Waals surface area contributed by atoms with Gasteiger partial charge in [0, 0.05) is 23.7 Å². The number of nitrogens with zero attached hydrogens (tertiary/aromatic N) is 3. The van der Waals surface area contributed by atoms with E-state index in [9.17, 15) is 4.79 Å². The minimum atomic E-state index is -0.101. The number of nitrogens with one attached hydrogen (secondary N) is 1. The van der Waals surface area contributed by atoms with Crippen molar-refractivity contribution < 1.29 is 4.79 Å². The molecule has 21 heavy (non-hydrogen) atoms. The maximum atomic E-state index is 12.2. The van der Waals surface area contributed by atoms with Crippen LogP contribution < -0.4 is 5.32 Å². The molecular weight excluding hydrogens is 284 g/mol. The number of para-hydroxylation sites is 1. The van der Waals surface area contributed by atoms with E-state index in [1.54, 1.807) is 16.7 Å². The molecule has 0 aliphatic carbocycles. The lowest BCUT2D eigenvalue weighted by Gasteiger charge is -2.21. The third-order valence-electron chi connectivity index (χ3n) is 2.88. The number of thioether (sulfide) groups is 1. The fraction of sp³-hybridized carbons (Fsp3) is 0.400. The largest absolute Gasteiger partial charge is 0.375 e. The summed E-state index contributed by atoms with van der Waals surface area (Å²) in [5.41, 5.74) is 0.916. The molecule has 0 radical (unpaired) electrons. The van der Waals surface area contributed by atoms with E-state index in [-0.39, 0.29) is 25.3 Å². The quantitative estimate of drug-likeness (QED) is 0.746. The van der Waals surface area contributed by atoms with Crippen LogP contribution in [0.1, 0.15) is 12.8 Å². The first kappa shape index (κ1) is 16.9. The van der Waals surface area contributed by atoms with Crippen molar-refractivity contribution in [3.8, 4) is 12.1 Å². The minimum absolute atomic E-state index is 0.101. The number of rotatable bonds is 8. The van der Waals surface area contributed by atoms with Gasteiger partial charge in [0.15, 0.2) is 0 Å². The molecule has 1 rings (SSSR count). The van der Waals surface area contributed by atoms with E-state index >= 15 is 0 Å². The molecule has 0 saturated carbocycles. The fourth-order valence-corrected chi connectivity index (χ4v) is 2.38. The van der Waals surface area contributed by atoms with Crippen LogP contribution in [0.3, 0.4) is 0 Å². The van der Waals surface area contributed by atoms with Crippen LogP contribution in [-0.2, 0) is 4.79 Å². The van der Waals surface area contributed by atoms with Crippen molar-refractivity contribution in [1.82, 2.24) is 4.90 Å². The molecule has 0 unspecified atom stereocenters. The normalized spacial score (nSPS) is 9.48. The number of carbonyl (C=O) groups excluding carboxylic acids is 1. The first-order valence-corrected chi connectivity index (χ1v) is 7.84. The standard InChI is InChI=1S/C15H18N4OS/c1-21-14-7-3-2-6-13(14)18-12-15(20)19(10-4-8-16)11-5-9-17/h2-3,6-7,18H,4-5,10-12H2,1H3. The molecule has 110 valence electrons. The molecule has 0 bridgehead atoms. The van der Waals surface area contributed by atoms with Crippen LogP contribution in [0.5, 0.6) is 0 Å². The van der Waals surface area contributed by atoms with Gasteiger partial charge in [-0.25, -0.2) is 0 Å². The van der Waals surface area contributed by atoms with Crippen LogP contribution >= 0.6 is 11.8 Å². The highest BCUT2D eigenvalue weighted by molar-refractivity contribution is 7.98. The van der Waals surface area contributed by atoms with E-state index in [4.69, 9.17) is 10.5 Å². The van der Waals surface area contributed by atoms with Crippen LogP contribution in [0.25, 0.3) is 0 Å². The zero-order chi connectivity index (χ0) is 15.5. The highest BCUT2D eigenvalue weighted by Gasteiger charge is 2.13. The van der Waals surface area contributed by atoms with Gasteiger partial charge in [0.2, 0.25) is 5.91 Å². The predicted molar refractivity (Wildman–Crippen MR) is 83.8 cm³/mol. The summed E-state index contributed by atoms with van der Waals surface area (Å²) in [6, 6.07) is 11.8. The molecular formula is C15H18N4OS. The first-order chi connectivity index (χ1) is 10.2. The van der Waals surface area contributed by atoms with Crippen LogP contribution in [0.2, 0.25) is 0 Å². The lowest BCUT2D eigenvalue weighted by Crippen LogP contribution is -2.37. The van der Waals surface area contributed by atoms with E-state index in [0.29, 0.717) is 13.1 Å². The third kappa shape index (κ3) is 5.76. The molecule has 0 aliphatic rings. The lowest BCUT2D eigenvalue weighted by molar-refractivity contribution is -0.129. The van der Waals surface area contributed by atoms with Gasteiger partial charge in [-0.2, -0.15) is 10.5 Å². The summed E-state index contributed by atoms with van der Waals surface area (Å²) >= 11 is 1.61. The van der Waals surface area contributed by atoms with Crippen molar-refractivity contribution in [2.75, 3.05) is 31.2 Å². The summed E-state index contributed by atoms with van der Waals surface area (Å²) in [4.78, 5) is 14.8. The Hall–Kier alpha value is -2.18. The fourth-order valence-electron chi connectivity index (χ4n) is 1.80. The van der Waals surface area contributed by atoms with E-state index in [2.05, 4.69) is 5.32 Å². The number of benzene rings is 1. The Morgan fingerprint density at radius 2 is 1.86 bits per heavy atom. The molecule has 0 heterocycles. The minimum Gasteiger partial charge on any atom is -0.375 e. The maximum absolute atomic E-state index is 12.2. The Balaban J connectivity index is 2.60. The molecule has 5 nitrogen and oxygen atoms in total. The number of nitriles is 2. The summed E-state index contributed by atoms with van der Waals surface area (Å²) in [6.07, 6.45) is 2.53. The maximum Gasteiger partial charge on any atom is 0.241 e. The van der Waals surface area contributed by atoms with Gasteiger partial charge in [-0.05, 0) is 18.4 Å². The second kappa shape index (κ2) is 9.68. The van der Waals surface area contributed by atoms with Gasteiger partial charge >= 0.3 is 0 Å². The highest BCUT2D eigenvalue weighted by atomic mass is 32.2. The number of amides is 1. The Morgan fingerprint density at radius 1 is 1.24 bits per heavy atom. The van der Waals surface area contributed by atoms with Crippen LogP contribution in [0.4, 0.5) is 5.69 Å². The summed E-state index contributed by atoms with van der Waals surface area (Å²) in [6.45, 7) is 0.889. The molecule has 6 heteroatoms. The van der Waals surface area contributed by atoms with Crippen molar-refractivity contribution in [2.24, 2.45) is 0 Å². The number of hydrogen-bond acceptors (Lipinski definition) is 5. The molecule has 1 amide bonds. The molecule has 1 aromatic carbocycles. The summed E-state index contributed by atoms with van der Waals surface area (Å²) in [7, 11) is 0. The molecule has 0 atom stereocenters. The van der Waals surface area contributed by atoms with Crippen molar-refractivity contribution in [2.45, 2.75) is 17.7 Å². The smallest absolute Gasteiger partial charge is 0.241 e. The second-order valence-electron chi connectivity index (χ2n) is 4.25. The first-order valence-electron chi connectivity index (χ1n) is 6.61. The van der Waals surface area contributed by atoms with Gasteiger partial charge in [-0.1, -0.05) is 12.1 Å². The average Bonchev–Trinajstić information content (AvgIpc) is 2.53. The van der Waals surface area contributed by atoms with Gasteiger partial charge < -0.3 is 10.2 Å². The number of anilines is 1. The topological polar surface area (TPSA) is 79.9 Å². The molecule has 0 aliphatic heterocycles. The van der Waals surface area contributed by atoms with Crippen LogP contribution in [0, 0.1) is 22.7 Å². The average molecular weight is 302 g/mol. The monoisotopic (exact) mass is 302 g/mol. The van der Waals surface area contributed by atoms with Crippen molar-refractivity contribution >= 4 is 23.4 Å². The van der Waals surface area contributed by atoms with E-state index in [1.807, 2.05) is 42.7 Å². The Labute approximate surface area is 129 Å². The van der Waals surface area contributed by atoms with Crippen LogP contribution in [0.15, 0.2) is 29.2 Å². The van der Waals surface area contributed by atoms with Crippen molar-refractivity contribution in [3.63, 3.8) is 0 Å². The van der Waals surface area contributed by atoms with Gasteiger partial charge in [0.25, 0.3) is 0 Å². The van der Waals surface area contributed by atoms with Gasteiger partial charge in [-0.15, -0.1) is 11.8 Å². The molecule has 0 saturated heterocycles. The highest BCUT2D eigenvalue weighted by Crippen LogP contribution is 2.24. The number of carbonyl (C=O) groups is 1. The predicted octanol–water partition coefficient (Wildman–Crippen LogP) is 2.48. The Morgan fingerprint density at radius 3 is 2.43 bits per heavy atom. The van der Waals surface area contributed by atoms with Gasteiger partial charge in [0.1, 0.15) is 0 Å². The summed E-state index contributed by atoms with van der Waals surface area (Å²) < 4.78 is 0. The summed E-state index contributed by atoms with van der Waals surface area (Å²) in [5, 5.41) is 20.4. The zero-order valence-corrected chi connectivity index (χ0v) is 12.8. The van der Waals surface area contributed by atoms with E-state index in [1.165, 1.54) is 0 Å². The van der Waals surface area contributed by atoms with E-state index in [0.717, 1.165) is 10.6 Å². The molecule has 0 aromatic heterocycles. The van der Waals surface area contributed by atoms with Crippen molar-refractivity contribution in [1.29, 1.82) is 10.5 Å². The van der Waals surface area contributed by atoms with Crippen LogP contribution in [-0.4, -0.2) is 36.7 Å². The zero-order valence-electron chi connectivity index (χ0n) is 12.0.